The number of aliphatic hydroxyl groups is 7. The van der Waals surface area contributed by atoms with Gasteiger partial charge in [0, 0.05) is 67.8 Å². The summed E-state index contributed by atoms with van der Waals surface area (Å²) in [6.07, 6.45) is 5.07. The number of likely N-dealkylation sites (N-methyl/N-ethyl adjacent to an activating group) is 1. The fourth-order valence-electron chi connectivity index (χ4n) is 17.8. The van der Waals surface area contributed by atoms with Gasteiger partial charge in [-0.3, -0.25) is 4.79 Å². The highest BCUT2D eigenvalue weighted by atomic mass is 16.6. The van der Waals surface area contributed by atoms with Crippen molar-refractivity contribution in [2.75, 3.05) is 26.3 Å². The van der Waals surface area contributed by atoms with E-state index in [1.54, 1.807) is 6.08 Å². The van der Waals surface area contributed by atoms with Gasteiger partial charge in [-0.05, 0) is 121 Å². The number of rotatable bonds is 6. The average molecular weight is 848 g/mol. The molecule has 6 fully saturated rings. The molecule has 1 aliphatic heterocycles. The maximum atomic E-state index is 15.3. The van der Waals surface area contributed by atoms with E-state index in [1.165, 1.54) is 12.1 Å². The molecule has 0 aromatic heterocycles. The SMILES string of the molecule is CCNCC1=CC2(C)CCC1C1(OC3CC4(O)C5=CC(=O)C6C7c8cc(O)cc(O)c8CCC7(O)C(O)CC6(C)C5C5(CCCC5CO)CC4(C)C3C1(O)CCO)C(O)C2C. The van der Waals surface area contributed by atoms with Crippen LogP contribution in [0.25, 0.3) is 0 Å². The maximum absolute atomic E-state index is 15.3. The number of allylic oxidation sites excluding steroid dienone is 2. The van der Waals surface area contributed by atoms with Crippen LogP contribution in [0.4, 0.5) is 0 Å². The predicted molar refractivity (Wildman–Crippen MR) is 224 cm³/mol. The summed E-state index contributed by atoms with van der Waals surface area (Å²) < 4.78 is 7.44. The van der Waals surface area contributed by atoms with Crippen LogP contribution in [0.1, 0.15) is 116 Å². The van der Waals surface area contributed by atoms with Crippen LogP contribution in [0.3, 0.4) is 0 Å². The zero-order valence-electron chi connectivity index (χ0n) is 36.5. The summed E-state index contributed by atoms with van der Waals surface area (Å²) in [6.45, 7) is 11.0. The number of hydrogen-bond donors (Lipinski definition) is 10. The van der Waals surface area contributed by atoms with E-state index >= 15 is 4.79 Å². The molecule has 11 rings (SSSR count). The van der Waals surface area contributed by atoms with Crippen molar-refractivity contribution >= 4 is 5.78 Å². The number of phenols is 2. The van der Waals surface area contributed by atoms with E-state index in [0.717, 1.165) is 25.0 Å². The third-order valence-electron chi connectivity index (χ3n) is 20.2. The Kier molecular flexibility index (Phi) is 9.31. The molecule has 1 heterocycles. The number of ether oxygens (including phenoxy) is 1. The van der Waals surface area contributed by atoms with Crippen LogP contribution in [0, 0.1) is 57.2 Å². The number of ketones is 1. The van der Waals surface area contributed by atoms with Crippen LogP contribution < -0.4 is 5.32 Å². The first kappa shape index (κ1) is 42.6. The molecule has 2 bridgehead atoms. The van der Waals surface area contributed by atoms with Gasteiger partial charge in [-0.2, -0.15) is 0 Å². The summed E-state index contributed by atoms with van der Waals surface area (Å²) in [5.41, 5.74) is -7.49. The van der Waals surface area contributed by atoms with Crippen LogP contribution in [0.2, 0.25) is 0 Å². The third kappa shape index (κ3) is 4.90. The smallest absolute Gasteiger partial charge is 0.160 e. The molecule has 1 aromatic carbocycles. The number of aliphatic hydroxyl groups excluding tert-OH is 4. The number of aromatic hydroxyl groups is 2. The molecule has 0 amide bonds. The zero-order valence-corrected chi connectivity index (χ0v) is 36.5. The minimum Gasteiger partial charge on any atom is -0.508 e. The first-order chi connectivity index (χ1) is 28.7. The van der Waals surface area contributed by atoms with Gasteiger partial charge in [0.25, 0.3) is 0 Å². The lowest BCUT2D eigenvalue weighted by Gasteiger charge is -2.70. The van der Waals surface area contributed by atoms with Gasteiger partial charge in [0.15, 0.2) is 5.78 Å². The van der Waals surface area contributed by atoms with Crippen molar-refractivity contribution < 1.29 is 55.5 Å². The molecule has 1 aromatic rings. The first-order valence-electron chi connectivity index (χ1n) is 23.4. The van der Waals surface area contributed by atoms with Gasteiger partial charge >= 0.3 is 0 Å². The normalized spacial score (nSPS) is 52.8. The average Bonchev–Trinajstić information content (AvgIpc) is 3.75. The molecule has 18 unspecified atom stereocenters. The second-order valence-corrected chi connectivity index (χ2v) is 22.5. The molecule has 12 nitrogen and oxygen atoms in total. The van der Waals surface area contributed by atoms with E-state index in [9.17, 15) is 46.0 Å². The number of phenolic OH excluding ortho intramolecular Hbond substituents is 2. The molecule has 10 N–H and O–H groups in total. The highest BCUT2D eigenvalue weighted by molar-refractivity contribution is 5.96. The molecule has 336 valence electrons. The van der Waals surface area contributed by atoms with Crippen molar-refractivity contribution in [3.8, 4) is 11.5 Å². The molecular weight excluding hydrogens is 779 g/mol. The quantitative estimate of drug-likeness (QED) is 0.186. The molecule has 9 aliphatic carbocycles. The summed E-state index contributed by atoms with van der Waals surface area (Å²) in [5.74, 6) is -4.75. The second kappa shape index (κ2) is 13.3. The van der Waals surface area contributed by atoms with E-state index in [0.29, 0.717) is 48.9 Å². The summed E-state index contributed by atoms with van der Waals surface area (Å²) in [7, 11) is 0. The van der Waals surface area contributed by atoms with E-state index in [1.807, 2.05) is 27.7 Å². The van der Waals surface area contributed by atoms with Gasteiger partial charge in [0.2, 0.25) is 0 Å². The van der Waals surface area contributed by atoms with Crippen LogP contribution >= 0.6 is 0 Å². The van der Waals surface area contributed by atoms with Crippen LogP contribution in [-0.4, -0.2) is 119 Å². The lowest BCUT2D eigenvalue weighted by Crippen LogP contribution is -2.73. The fourth-order valence-corrected chi connectivity index (χ4v) is 17.8. The van der Waals surface area contributed by atoms with Crippen LogP contribution in [0.15, 0.2) is 35.4 Å². The summed E-state index contributed by atoms with van der Waals surface area (Å²) in [6, 6.07) is 2.77. The lowest BCUT2D eigenvalue weighted by atomic mass is 9.35. The van der Waals surface area contributed by atoms with Crippen molar-refractivity contribution in [3.63, 3.8) is 0 Å². The van der Waals surface area contributed by atoms with Gasteiger partial charge in [-0.15, -0.1) is 0 Å². The Morgan fingerprint density at radius 2 is 1.72 bits per heavy atom. The molecule has 2 spiro atoms. The van der Waals surface area contributed by atoms with Crippen molar-refractivity contribution in [3.05, 3.63) is 46.6 Å². The van der Waals surface area contributed by atoms with E-state index in [2.05, 4.69) is 18.3 Å². The maximum Gasteiger partial charge on any atom is 0.160 e. The van der Waals surface area contributed by atoms with Crippen molar-refractivity contribution in [1.82, 2.24) is 5.32 Å². The molecule has 10 aliphatic rings. The Bertz CT molecular complexity index is 2090. The second-order valence-electron chi connectivity index (χ2n) is 22.5. The Balaban J connectivity index is 1.17. The van der Waals surface area contributed by atoms with Gasteiger partial charge in [0.05, 0.1) is 29.5 Å². The minimum absolute atomic E-state index is 0.0394. The standard InChI is InChI=1S/C49H69NO11/c1-6-50-22-26-19-42(3)12-10-31(26)49(41(57)25(42)2)47(59,14-15-51)40-35(61-49)20-48(60)32-18-34(55)38-37-30-16-28(53)17-33(54)29(30)9-13-46(37,58)36(56)21-43(38,4)39(32)45(24-44(40,48)5)11-7-8-27(45)23-52/h16-19,25,27,31,35-41,50-54,56-60H,6-15,20-24H2,1-5H3. The topological polar surface area (TPSA) is 220 Å². The van der Waals surface area contributed by atoms with Gasteiger partial charge in [-0.1, -0.05) is 52.7 Å². The molecule has 18 atom stereocenters. The first-order valence-corrected chi connectivity index (χ1v) is 23.4. The van der Waals surface area contributed by atoms with E-state index < -0.39 is 80.6 Å². The molecular formula is C49H69NO11. The summed E-state index contributed by atoms with van der Waals surface area (Å²) in [4.78, 5) is 15.3. The fraction of sp³-hybridized carbons (Fsp3) is 0.776. The van der Waals surface area contributed by atoms with Crippen molar-refractivity contribution in [2.45, 2.75) is 152 Å². The zero-order chi connectivity index (χ0) is 43.7. The van der Waals surface area contributed by atoms with Crippen LogP contribution in [-0.2, 0) is 16.0 Å². The Morgan fingerprint density at radius 3 is 2.43 bits per heavy atom. The number of benzene rings is 1. The highest BCUT2D eigenvalue weighted by Gasteiger charge is 2.85. The number of nitrogens with one attached hydrogen (secondary N) is 1. The Hall–Kier alpha value is -2.39. The number of hydrogen-bond acceptors (Lipinski definition) is 12. The highest BCUT2D eigenvalue weighted by Crippen LogP contribution is 2.80. The number of carbonyl (C=O) groups excluding carboxylic acids is 1. The minimum atomic E-state index is -1.81. The molecule has 1 saturated heterocycles. The van der Waals surface area contributed by atoms with E-state index in [-0.39, 0.29) is 85.8 Å². The van der Waals surface area contributed by atoms with Crippen molar-refractivity contribution in [1.29, 1.82) is 0 Å². The Labute approximate surface area is 359 Å². The summed E-state index contributed by atoms with van der Waals surface area (Å²) >= 11 is 0. The van der Waals surface area contributed by atoms with E-state index in [4.69, 9.17) is 4.74 Å². The molecule has 61 heavy (non-hydrogen) atoms. The monoisotopic (exact) mass is 847 g/mol. The largest absolute Gasteiger partial charge is 0.508 e. The molecule has 12 heteroatoms. The van der Waals surface area contributed by atoms with Gasteiger partial charge in [-0.25, -0.2) is 0 Å². The summed E-state index contributed by atoms with van der Waals surface area (Å²) in [5, 5.41) is 113. The van der Waals surface area contributed by atoms with Crippen molar-refractivity contribution in [2.24, 2.45) is 57.2 Å². The Morgan fingerprint density at radius 1 is 0.967 bits per heavy atom. The predicted octanol–water partition coefficient (Wildman–Crippen LogP) is 3.52. The lowest BCUT2D eigenvalue weighted by molar-refractivity contribution is -0.256. The number of fused-ring (bicyclic) bond motifs is 14. The molecule has 0 radical (unpaired) electrons. The van der Waals surface area contributed by atoms with Gasteiger partial charge in [0.1, 0.15) is 22.7 Å². The van der Waals surface area contributed by atoms with Crippen LogP contribution in [0.5, 0.6) is 11.5 Å². The van der Waals surface area contributed by atoms with Gasteiger partial charge < -0.3 is 56.0 Å². The molecule has 5 saturated carbocycles. The number of carbonyl (C=O) groups is 1. The third-order valence-corrected chi connectivity index (χ3v) is 20.2.